The minimum Gasteiger partial charge on any atom is -0.508 e. The monoisotopic (exact) mass is 270 g/mol. The molecule has 0 fully saturated rings. The average Bonchev–Trinajstić information content (AvgIpc) is 2.27. The molecule has 0 spiro atoms. The fourth-order valence-corrected chi connectivity index (χ4v) is 1.56. The summed E-state index contributed by atoms with van der Waals surface area (Å²) in [5.74, 6) is 0.531. The zero-order valence-corrected chi connectivity index (χ0v) is 10.1. The van der Waals surface area contributed by atoms with E-state index in [0.717, 1.165) is 5.56 Å². The highest BCUT2D eigenvalue weighted by atomic mass is 35.5. The molecule has 0 radical (unpaired) electrons. The molecule has 0 saturated carbocycles. The molecule has 0 bridgehead atoms. The molecule has 0 unspecified atom stereocenters. The number of hydrogen-bond donors (Lipinski definition) is 2. The summed E-state index contributed by atoms with van der Waals surface area (Å²) in [6.07, 6.45) is 0. The minimum absolute atomic E-state index is 0.0400. The molecule has 0 aliphatic carbocycles. The van der Waals surface area contributed by atoms with E-state index in [1.807, 2.05) is 0 Å². The van der Waals surface area contributed by atoms with Crippen molar-refractivity contribution in [3.05, 3.63) is 40.4 Å². The quantitative estimate of drug-likeness (QED) is 0.897. The van der Waals surface area contributed by atoms with Gasteiger partial charge in [-0.1, -0.05) is 12.1 Å². The van der Waals surface area contributed by atoms with Crippen molar-refractivity contribution < 1.29 is 5.11 Å². The number of aromatic hydroxyl groups is 1. The molecule has 0 atom stereocenters. The van der Waals surface area contributed by atoms with Gasteiger partial charge in [0, 0.05) is 6.54 Å². The van der Waals surface area contributed by atoms with Gasteiger partial charge < -0.3 is 10.4 Å². The van der Waals surface area contributed by atoms with E-state index in [4.69, 9.17) is 28.3 Å². The van der Waals surface area contributed by atoms with Gasteiger partial charge in [-0.3, -0.25) is 0 Å². The second-order valence-electron chi connectivity index (χ2n) is 3.22. The first-order chi connectivity index (χ1) is 8.13. The van der Waals surface area contributed by atoms with Crippen molar-refractivity contribution in [2.75, 3.05) is 5.32 Å². The van der Waals surface area contributed by atoms with E-state index in [1.54, 1.807) is 24.3 Å². The lowest BCUT2D eigenvalue weighted by molar-refractivity contribution is 0.475. The first-order valence-electron chi connectivity index (χ1n) is 4.72. The first-order valence-corrected chi connectivity index (χ1v) is 5.48. The third-order valence-electron chi connectivity index (χ3n) is 1.97. The third-order valence-corrected chi connectivity index (χ3v) is 2.31. The maximum atomic E-state index is 9.13. The zero-order valence-electron chi connectivity index (χ0n) is 8.56. The van der Waals surface area contributed by atoms with Crippen LogP contribution in [0.5, 0.6) is 5.75 Å². The van der Waals surface area contributed by atoms with Crippen LogP contribution in [-0.2, 0) is 6.54 Å². The predicted molar refractivity (Wildman–Crippen MR) is 65.3 cm³/mol. The summed E-state index contributed by atoms with van der Waals surface area (Å²) in [5, 5.41) is 12.2. The minimum atomic E-state index is 0.0400. The Morgan fingerprint density at radius 2 is 1.59 bits per heavy atom. The van der Waals surface area contributed by atoms with Gasteiger partial charge in [0.1, 0.15) is 5.75 Å². The van der Waals surface area contributed by atoms with Crippen LogP contribution >= 0.6 is 23.2 Å². The number of anilines is 1. The van der Waals surface area contributed by atoms with E-state index < -0.39 is 0 Å². The van der Waals surface area contributed by atoms with Crippen LogP contribution in [0.4, 0.5) is 5.95 Å². The normalized spacial score (nSPS) is 10.2. The molecule has 1 aromatic heterocycles. The van der Waals surface area contributed by atoms with E-state index in [1.165, 1.54) is 0 Å². The Morgan fingerprint density at radius 1 is 1.00 bits per heavy atom. The van der Waals surface area contributed by atoms with Crippen molar-refractivity contribution in [3.63, 3.8) is 0 Å². The highest BCUT2D eigenvalue weighted by Gasteiger charge is 2.02. The van der Waals surface area contributed by atoms with Crippen molar-refractivity contribution in [2.45, 2.75) is 6.54 Å². The summed E-state index contributed by atoms with van der Waals surface area (Å²) in [6.45, 7) is 0.497. The van der Waals surface area contributed by atoms with Crippen molar-refractivity contribution in [3.8, 4) is 5.75 Å². The molecule has 0 saturated heterocycles. The Bertz CT molecular complexity index is 498. The second-order valence-corrected chi connectivity index (χ2v) is 3.89. The molecule has 0 amide bonds. The number of benzene rings is 1. The van der Waals surface area contributed by atoms with Gasteiger partial charge in [0.25, 0.3) is 0 Å². The summed E-state index contributed by atoms with van der Waals surface area (Å²) in [5.41, 5.74) is 0.968. The van der Waals surface area contributed by atoms with Crippen molar-refractivity contribution in [2.24, 2.45) is 0 Å². The van der Waals surface area contributed by atoms with Crippen LogP contribution in [0.25, 0.3) is 0 Å². The number of nitrogens with one attached hydrogen (secondary N) is 1. The maximum absolute atomic E-state index is 9.13. The van der Waals surface area contributed by atoms with Crippen LogP contribution in [0, 0.1) is 0 Å². The highest BCUT2D eigenvalue weighted by molar-refractivity contribution is 6.31. The van der Waals surface area contributed by atoms with E-state index in [2.05, 4.69) is 20.3 Å². The Hall–Kier alpha value is -1.59. The van der Waals surface area contributed by atoms with E-state index in [9.17, 15) is 0 Å². The molecule has 88 valence electrons. The molecule has 7 heteroatoms. The maximum Gasteiger partial charge on any atom is 0.228 e. The van der Waals surface area contributed by atoms with Gasteiger partial charge >= 0.3 is 0 Å². The van der Waals surface area contributed by atoms with Crippen LogP contribution in [0.2, 0.25) is 10.6 Å². The largest absolute Gasteiger partial charge is 0.508 e. The average molecular weight is 271 g/mol. The van der Waals surface area contributed by atoms with Gasteiger partial charge in [0.2, 0.25) is 16.5 Å². The fourth-order valence-electron chi connectivity index (χ4n) is 1.20. The second kappa shape index (κ2) is 5.16. The standard InChI is InChI=1S/C10H8Cl2N4O/c11-8-14-9(12)16-10(15-8)13-5-6-1-3-7(17)4-2-6/h1-4,17H,5H2,(H,13,14,15,16). The number of halogens is 2. The van der Waals surface area contributed by atoms with Crippen LogP contribution in [0.1, 0.15) is 5.56 Å². The molecule has 1 aromatic carbocycles. The summed E-state index contributed by atoms with van der Waals surface area (Å²) < 4.78 is 0. The van der Waals surface area contributed by atoms with Crippen LogP contribution in [-0.4, -0.2) is 20.1 Å². The molecule has 0 aliphatic heterocycles. The molecule has 5 nitrogen and oxygen atoms in total. The Kier molecular flexibility index (Phi) is 3.61. The van der Waals surface area contributed by atoms with E-state index in [-0.39, 0.29) is 16.3 Å². The lowest BCUT2D eigenvalue weighted by Crippen LogP contribution is -2.04. The van der Waals surface area contributed by atoms with Gasteiger partial charge in [-0.05, 0) is 40.9 Å². The van der Waals surface area contributed by atoms with Gasteiger partial charge in [-0.15, -0.1) is 0 Å². The lowest BCUT2D eigenvalue weighted by atomic mass is 10.2. The predicted octanol–water partition coefficient (Wildman–Crippen LogP) is 2.50. The number of phenols is 1. The summed E-state index contributed by atoms with van der Waals surface area (Å²) in [4.78, 5) is 11.4. The van der Waals surface area contributed by atoms with Gasteiger partial charge in [0.05, 0.1) is 0 Å². The first kappa shape index (κ1) is 11.9. The fraction of sp³-hybridized carbons (Fsp3) is 0.100. The summed E-state index contributed by atoms with van der Waals surface area (Å²) in [7, 11) is 0. The van der Waals surface area contributed by atoms with Gasteiger partial charge in [0.15, 0.2) is 0 Å². The number of nitrogens with zero attached hydrogens (tertiary/aromatic N) is 3. The number of hydrogen-bond acceptors (Lipinski definition) is 5. The molecular formula is C10H8Cl2N4O. The summed E-state index contributed by atoms with van der Waals surface area (Å²) in [6, 6.07) is 6.77. The smallest absolute Gasteiger partial charge is 0.228 e. The highest BCUT2D eigenvalue weighted by Crippen LogP contribution is 2.13. The summed E-state index contributed by atoms with van der Waals surface area (Å²) >= 11 is 11.3. The Morgan fingerprint density at radius 3 is 2.18 bits per heavy atom. The van der Waals surface area contributed by atoms with Crippen molar-refractivity contribution >= 4 is 29.2 Å². The van der Waals surface area contributed by atoms with Crippen LogP contribution in [0.15, 0.2) is 24.3 Å². The zero-order chi connectivity index (χ0) is 12.3. The molecule has 2 rings (SSSR count). The number of phenolic OH excluding ortho intramolecular Hbond substituents is 1. The molecular weight excluding hydrogens is 263 g/mol. The Labute approximate surface area is 107 Å². The van der Waals surface area contributed by atoms with Gasteiger partial charge in [-0.2, -0.15) is 15.0 Å². The number of rotatable bonds is 3. The SMILES string of the molecule is Oc1ccc(CNc2nc(Cl)nc(Cl)n2)cc1. The van der Waals surface area contributed by atoms with E-state index in [0.29, 0.717) is 12.5 Å². The molecule has 17 heavy (non-hydrogen) atoms. The van der Waals surface area contributed by atoms with Crippen LogP contribution in [0.3, 0.4) is 0 Å². The van der Waals surface area contributed by atoms with Crippen molar-refractivity contribution in [1.29, 1.82) is 0 Å². The third kappa shape index (κ3) is 3.44. The number of aromatic nitrogens is 3. The molecule has 1 heterocycles. The lowest BCUT2D eigenvalue weighted by Gasteiger charge is -2.05. The molecule has 2 N–H and O–H groups in total. The topological polar surface area (TPSA) is 70.9 Å². The molecule has 2 aromatic rings. The van der Waals surface area contributed by atoms with E-state index >= 15 is 0 Å². The molecule has 0 aliphatic rings. The Balaban J connectivity index is 2.04. The van der Waals surface area contributed by atoms with Gasteiger partial charge in [-0.25, -0.2) is 0 Å². The van der Waals surface area contributed by atoms with Crippen molar-refractivity contribution in [1.82, 2.24) is 15.0 Å². The van der Waals surface area contributed by atoms with Crippen LogP contribution < -0.4 is 5.32 Å².